The van der Waals surface area contributed by atoms with Gasteiger partial charge in [0.2, 0.25) is 0 Å². The van der Waals surface area contributed by atoms with Crippen LogP contribution in [-0.2, 0) is 47.2 Å². The van der Waals surface area contributed by atoms with Gasteiger partial charge in [-0.1, -0.05) is 13.0 Å². The largest absolute Gasteiger partial charge is 0.504 e. The van der Waals surface area contributed by atoms with Crippen LogP contribution in [0.25, 0.3) is 0 Å². The quantitative estimate of drug-likeness (QED) is 0.0776. The monoisotopic (exact) mass is 549 g/mol. The Labute approximate surface area is 220 Å². The zero-order valence-corrected chi connectivity index (χ0v) is 23.7. The molecule has 4 atom stereocenters. The van der Waals surface area contributed by atoms with Crippen molar-refractivity contribution in [2.24, 2.45) is 22.7 Å². The molecule has 0 aliphatic heterocycles. The number of rotatable bonds is 20. The Bertz CT molecular complexity index is 796. The molecule has 0 rings (SSSR count). The van der Waals surface area contributed by atoms with Gasteiger partial charge in [-0.15, -0.1) is 11.1 Å². The van der Waals surface area contributed by atoms with Crippen LogP contribution in [0.15, 0.2) is 12.7 Å². The number of ether oxygens (including phenoxy) is 4. The zero-order chi connectivity index (χ0) is 28.6. The fourth-order valence-electron chi connectivity index (χ4n) is 4.01. The molecule has 212 valence electrons. The molecule has 0 aromatic heterocycles. The number of hydrogen-bond acceptors (Lipinski definition) is 10. The van der Waals surface area contributed by atoms with E-state index in [4.69, 9.17) is 23.5 Å². The fraction of sp³-hybridized carbons (Fsp3) is 0.760. The van der Waals surface area contributed by atoms with Gasteiger partial charge in [-0.25, -0.2) is 0 Å². The number of carbonyl (C=O) groups excluding carboxylic acids is 3. The van der Waals surface area contributed by atoms with Crippen LogP contribution in [0.1, 0.15) is 53.4 Å². The van der Waals surface area contributed by atoms with Gasteiger partial charge >= 0.3 is 31.9 Å². The molecule has 0 saturated heterocycles. The van der Waals surface area contributed by atoms with Crippen molar-refractivity contribution in [1.82, 2.24) is 0 Å². The minimum absolute atomic E-state index is 0.000702. The van der Waals surface area contributed by atoms with E-state index in [2.05, 4.69) is 6.58 Å². The molecular weight excluding hydrogens is 507 g/mol. The SMILES string of the molecule is C=CCOCCOC(=O)C(C)(C)CC(C)(CC(CC(CC)C(=O)OC)C(=O)OCCO[P+](C)=O)C(=O)O. The lowest BCUT2D eigenvalue weighted by Crippen LogP contribution is -2.41. The van der Waals surface area contributed by atoms with Crippen molar-refractivity contribution in [2.75, 3.05) is 46.8 Å². The summed E-state index contributed by atoms with van der Waals surface area (Å²) in [4.78, 5) is 50.3. The van der Waals surface area contributed by atoms with E-state index in [0.717, 1.165) is 0 Å². The maximum Gasteiger partial charge on any atom is 0.504 e. The molecule has 0 aliphatic rings. The lowest BCUT2D eigenvalue weighted by Gasteiger charge is -2.35. The molecule has 37 heavy (non-hydrogen) atoms. The molecule has 12 heteroatoms. The van der Waals surface area contributed by atoms with Crippen LogP contribution in [0.5, 0.6) is 0 Å². The number of carbonyl (C=O) groups is 4. The summed E-state index contributed by atoms with van der Waals surface area (Å²) < 4.78 is 36.5. The molecule has 0 aromatic carbocycles. The molecule has 0 radical (unpaired) electrons. The van der Waals surface area contributed by atoms with E-state index in [1.54, 1.807) is 26.8 Å². The summed E-state index contributed by atoms with van der Waals surface area (Å²) in [5.74, 6) is -4.70. The fourth-order valence-corrected chi connectivity index (χ4v) is 4.34. The minimum atomic E-state index is -1.87. The highest BCUT2D eigenvalue weighted by atomic mass is 31.1. The predicted octanol–water partition coefficient (Wildman–Crippen LogP) is 3.77. The Morgan fingerprint density at radius 1 is 1.00 bits per heavy atom. The molecule has 0 bridgehead atoms. The second-order valence-corrected chi connectivity index (χ2v) is 10.8. The average molecular weight is 550 g/mol. The molecule has 0 spiro atoms. The third-order valence-corrected chi connectivity index (χ3v) is 6.37. The zero-order valence-electron chi connectivity index (χ0n) is 22.8. The Kier molecular flexibility index (Phi) is 16.1. The van der Waals surface area contributed by atoms with E-state index >= 15 is 0 Å². The van der Waals surface area contributed by atoms with Gasteiger partial charge in [0.15, 0.2) is 6.66 Å². The van der Waals surface area contributed by atoms with Gasteiger partial charge < -0.3 is 24.1 Å². The normalized spacial score (nSPS) is 15.0. The summed E-state index contributed by atoms with van der Waals surface area (Å²) in [7, 11) is -0.636. The first-order chi connectivity index (χ1) is 17.2. The van der Waals surface area contributed by atoms with Crippen LogP contribution < -0.4 is 0 Å². The van der Waals surface area contributed by atoms with Crippen molar-refractivity contribution in [3.05, 3.63) is 12.7 Å². The van der Waals surface area contributed by atoms with E-state index in [1.807, 2.05) is 0 Å². The highest BCUT2D eigenvalue weighted by Crippen LogP contribution is 2.41. The van der Waals surface area contributed by atoms with Crippen LogP contribution in [0.4, 0.5) is 0 Å². The number of methoxy groups -OCH3 is 1. The molecule has 11 nitrogen and oxygen atoms in total. The van der Waals surface area contributed by atoms with Gasteiger partial charge in [0.1, 0.15) is 19.8 Å². The summed E-state index contributed by atoms with van der Waals surface area (Å²) in [5, 5.41) is 10.1. The van der Waals surface area contributed by atoms with E-state index < -0.39 is 54.6 Å². The Balaban J connectivity index is 5.70. The van der Waals surface area contributed by atoms with Crippen LogP contribution in [0.3, 0.4) is 0 Å². The Morgan fingerprint density at radius 2 is 1.62 bits per heavy atom. The number of aliphatic carboxylic acids is 1. The van der Waals surface area contributed by atoms with Gasteiger partial charge in [0.05, 0.1) is 43.0 Å². The molecule has 0 aliphatic carbocycles. The van der Waals surface area contributed by atoms with Crippen LogP contribution in [-0.4, -0.2) is 75.8 Å². The smallest absolute Gasteiger partial charge is 0.481 e. The predicted molar refractivity (Wildman–Crippen MR) is 135 cm³/mol. The maximum atomic E-state index is 13.0. The Hall–Kier alpha value is -2.36. The lowest BCUT2D eigenvalue weighted by molar-refractivity contribution is -0.163. The van der Waals surface area contributed by atoms with Crippen LogP contribution >= 0.6 is 8.03 Å². The van der Waals surface area contributed by atoms with Crippen LogP contribution in [0.2, 0.25) is 0 Å². The first-order valence-electron chi connectivity index (χ1n) is 12.1. The van der Waals surface area contributed by atoms with Crippen molar-refractivity contribution in [3.8, 4) is 0 Å². The summed E-state index contributed by atoms with van der Waals surface area (Å²) >= 11 is 0. The number of carboxylic acid groups (broad SMARTS) is 1. The van der Waals surface area contributed by atoms with Gasteiger partial charge in [0, 0.05) is 0 Å². The number of hydrogen-bond donors (Lipinski definition) is 1. The van der Waals surface area contributed by atoms with Gasteiger partial charge in [-0.2, -0.15) is 0 Å². The van der Waals surface area contributed by atoms with Gasteiger partial charge in [-0.05, 0) is 51.0 Å². The van der Waals surface area contributed by atoms with E-state index in [9.17, 15) is 28.8 Å². The summed E-state index contributed by atoms with van der Waals surface area (Å²) in [6, 6.07) is 0. The molecule has 0 aromatic rings. The van der Waals surface area contributed by atoms with Gasteiger partial charge in [0.25, 0.3) is 0 Å². The molecule has 4 unspecified atom stereocenters. The highest BCUT2D eigenvalue weighted by molar-refractivity contribution is 7.38. The molecule has 0 saturated carbocycles. The second kappa shape index (κ2) is 17.2. The third-order valence-electron chi connectivity index (χ3n) is 5.82. The van der Waals surface area contributed by atoms with Crippen molar-refractivity contribution < 1.29 is 52.3 Å². The lowest BCUT2D eigenvalue weighted by atomic mass is 9.68. The summed E-state index contributed by atoms with van der Waals surface area (Å²) in [5.41, 5.74) is -2.74. The van der Waals surface area contributed by atoms with E-state index in [0.29, 0.717) is 13.0 Å². The number of carboxylic acids is 1. The second-order valence-electron chi connectivity index (χ2n) is 9.63. The average Bonchev–Trinajstić information content (AvgIpc) is 2.82. The van der Waals surface area contributed by atoms with E-state index in [-0.39, 0.29) is 45.7 Å². The van der Waals surface area contributed by atoms with Crippen molar-refractivity contribution in [2.45, 2.75) is 53.4 Å². The van der Waals surface area contributed by atoms with Crippen molar-refractivity contribution >= 4 is 31.9 Å². The molecule has 0 amide bonds. The summed E-state index contributed by atoms with van der Waals surface area (Å²) in [6.07, 6.45) is 1.59. The topological polar surface area (TPSA) is 152 Å². The molecule has 0 fully saturated rings. The maximum absolute atomic E-state index is 13.0. The van der Waals surface area contributed by atoms with E-state index in [1.165, 1.54) is 20.7 Å². The van der Waals surface area contributed by atoms with Crippen molar-refractivity contribution in [3.63, 3.8) is 0 Å². The standard InChI is InChI=1S/C25H41O11P/c1-8-10-33-11-12-35-23(30)24(3,4)17-25(5,22(28)29)16-19(15-18(9-2)20(26)32-6)21(27)34-13-14-36-37(7)31/h8,18-19H,1,9-17H2,2-7H3/p+1. The van der Waals surface area contributed by atoms with Crippen molar-refractivity contribution in [1.29, 1.82) is 0 Å². The molecule has 0 heterocycles. The first kappa shape index (κ1) is 34.6. The molecule has 1 N–H and O–H groups in total. The summed E-state index contributed by atoms with van der Waals surface area (Å²) in [6.45, 7) is 11.4. The van der Waals surface area contributed by atoms with Gasteiger partial charge in [-0.3, -0.25) is 19.2 Å². The highest BCUT2D eigenvalue weighted by Gasteiger charge is 2.46. The van der Waals surface area contributed by atoms with Crippen LogP contribution in [0, 0.1) is 22.7 Å². The third kappa shape index (κ3) is 13.1. The number of esters is 3. The molecular formula is C25H42O11P+. The minimum Gasteiger partial charge on any atom is -0.481 e. The Morgan fingerprint density at radius 3 is 2.14 bits per heavy atom. The first-order valence-corrected chi connectivity index (χ1v) is 13.7.